The second-order valence-electron chi connectivity index (χ2n) is 6.91. The molecule has 0 fully saturated rings. The van der Waals surface area contributed by atoms with Gasteiger partial charge in [-0.05, 0) is 47.7 Å². The lowest BCUT2D eigenvalue weighted by Gasteiger charge is -2.20. The first kappa shape index (κ1) is 19.5. The lowest BCUT2D eigenvalue weighted by molar-refractivity contribution is 0.129. The molecule has 140 valence electrons. The summed E-state index contributed by atoms with van der Waals surface area (Å²) in [6, 6.07) is 29.3. The highest BCUT2D eigenvalue weighted by atomic mass is 32.2. The van der Waals surface area contributed by atoms with Crippen molar-refractivity contribution in [3.8, 4) is 0 Å². The van der Waals surface area contributed by atoms with Gasteiger partial charge in [0.05, 0.1) is 6.10 Å². The third-order valence-electron chi connectivity index (χ3n) is 4.68. The fraction of sp³-hybridized carbons (Fsp3) is 0.250. The number of hydrogen-bond acceptors (Lipinski definition) is 3. The molecule has 0 saturated carbocycles. The van der Waals surface area contributed by atoms with E-state index in [2.05, 4.69) is 72.9 Å². The molecule has 0 amide bonds. The summed E-state index contributed by atoms with van der Waals surface area (Å²) in [6.45, 7) is 2.66. The summed E-state index contributed by atoms with van der Waals surface area (Å²) in [6.07, 6.45) is 0.510. The molecule has 0 aromatic heterocycles. The summed E-state index contributed by atoms with van der Waals surface area (Å²) in [5.41, 5.74) is 3.65. The standard InChI is InChI=1S/C24H27NOS/c1-19(16-20-8-4-2-5-9-20)24(26)17-25-22-12-14-23(15-13-22)27-18-21-10-6-3-7-11-21/h2-15,19,24-26H,16-18H2,1H3/t19-,24-/m0/s1. The van der Waals surface area contributed by atoms with Crippen LogP contribution in [0, 0.1) is 5.92 Å². The van der Waals surface area contributed by atoms with Crippen LogP contribution in [0.25, 0.3) is 0 Å². The van der Waals surface area contributed by atoms with Gasteiger partial charge in [-0.25, -0.2) is 0 Å². The Morgan fingerprint density at radius 1 is 0.815 bits per heavy atom. The first-order chi connectivity index (χ1) is 13.2. The summed E-state index contributed by atoms with van der Waals surface area (Å²) in [4.78, 5) is 1.25. The maximum atomic E-state index is 10.4. The van der Waals surface area contributed by atoms with Crippen LogP contribution < -0.4 is 5.32 Å². The molecule has 2 atom stereocenters. The summed E-state index contributed by atoms with van der Waals surface area (Å²) in [5, 5.41) is 13.8. The highest BCUT2D eigenvalue weighted by Gasteiger charge is 2.14. The highest BCUT2D eigenvalue weighted by molar-refractivity contribution is 7.98. The van der Waals surface area contributed by atoms with E-state index in [4.69, 9.17) is 0 Å². The number of benzene rings is 3. The Balaban J connectivity index is 1.44. The largest absolute Gasteiger partial charge is 0.391 e. The average molecular weight is 378 g/mol. The fourth-order valence-corrected chi connectivity index (χ4v) is 3.81. The van der Waals surface area contributed by atoms with Crippen molar-refractivity contribution in [3.05, 3.63) is 96.1 Å². The molecule has 0 saturated heterocycles. The van der Waals surface area contributed by atoms with Crippen molar-refractivity contribution in [3.63, 3.8) is 0 Å². The van der Waals surface area contributed by atoms with Gasteiger partial charge in [-0.2, -0.15) is 0 Å². The Bertz CT molecular complexity index is 790. The zero-order valence-electron chi connectivity index (χ0n) is 15.7. The first-order valence-corrected chi connectivity index (χ1v) is 10.4. The summed E-state index contributed by atoms with van der Waals surface area (Å²) in [5.74, 6) is 1.18. The molecular formula is C24H27NOS. The number of aliphatic hydroxyl groups is 1. The summed E-state index contributed by atoms with van der Waals surface area (Å²) in [7, 11) is 0. The number of thioether (sulfide) groups is 1. The van der Waals surface area contributed by atoms with Crippen LogP contribution >= 0.6 is 11.8 Å². The van der Waals surface area contributed by atoms with E-state index in [0.717, 1.165) is 17.9 Å². The molecular weight excluding hydrogens is 350 g/mol. The maximum absolute atomic E-state index is 10.4. The van der Waals surface area contributed by atoms with E-state index in [1.807, 2.05) is 36.0 Å². The molecule has 2 N–H and O–H groups in total. The average Bonchev–Trinajstić information content (AvgIpc) is 2.72. The normalized spacial score (nSPS) is 13.1. The van der Waals surface area contributed by atoms with E-state index in [1.54, 1.807) is 0 Å². The van der Waals surface area contributed by atoms with Crippen LogP contribution in [0.5, 0.6) is 0 Å². The van der Waals surface area contributed by atoms with Crippen molar-refractivity contribution in [1.82, 2.24) is 0 Å². The SMILES string of the molecule is C[C@@H](Cc1ccccc1)[C@@H](O)CNc1ccc(SCc2ccccc2)cc1. The van der Waals surface area contributed by atoms with Crippen LogP contribution in [0.3, 0.4) is 0 Å². The molecule has 0 heterocycles. The van der Waals surface area contributed by atoms with Crippen molar-refractivity contribution in [2.45, 2.75) is 30.1 Å². The van der Waals surface area contributed by atoms with Crippen LogP contribution in [0.4, 0.5) is 5.69 Å². The number of nitrogens with one attached hydrogen (secondary N) is 1. The quantitative estimate of drug-likeness (QED) is 0.474. The Morgan fingerprint density at radius 3 is 2.04 bits per heavy atom. The van der Waals surface area contributed by atoms with E-state index in [0.29, 0.717) is 6.54 Å². The van der Waals surface area contributed by atoms with Crippen molar-refractivity contribution in [2.75, 3.05) is 11.9 Å². The molecule has 3 aromatic carbocycles. The monoisotopic (exact) mass is 377 g/mol. The molecule has 0 aliphatic heterocycles. The van der Waals surface area contributed by atoms with Crippen molar-refractivity contribution < 1.29 is 5.11 Å². The topological polar surface area (TPSA) is 32.3 Å². The van der Waals surface area contributed by atoms with E-state index < -0.39 is 0 Å². The zero-order chi connectivity index (χ0) is 18.9. The molecule has 27 heavy (non-hydrogen) atoms. The third kappa shape index (κ3) is 6.46. The second-order valence-corrected chi connectivity index (χ2v) is 7.96. The zero-order valence-corrected chi connectivity index (χ0v) is 16.5. The molecule has 0 unspecified atom stereocenters. The minimum Gasteiger partial charge on any atom is -0.391 e. The molecule has 0 aliphatic rings. The van der Waals surface area contributed by atoms with E-state index in [-0.39, 0.29) is 12.0 Å². The van der Waals surface area contributed by atoms with Crippen LogP contribution in [0.15, 0.2) is 89.8 Å². The second kappa shape index (κ2) is 10.2. The van der Waals surface area contributed by atoms with Gasteiger partial charge >= 0.3 is 0 Å². The third-order valence-corrected chi connectivity index (χ3v) is 5.76. The molecule has 0 aliphatic carbocycles. The Kier molecular flexibility index (Phi) is 7.37. The minimum absolute atomic E-state index is 0.209. The van der Waals surface area contributed by atoms with Crippen molar-refractivity contribution in [1.29, 1.82) is 0 Å². The molecule has 0 bridgehead atoms. The van der Waals surface area contributed by atoms with Gasteiger partial charge in [0.1, 0.15) is 0 Å². The Morgan fingerprint density at radius 2 is 1.41 bits per heavy atom. The van der Waals surface area contributed by atoms with Gasteiger partial charge in [-0.1, -0.05) is 67.6 Å². The number of aliphatic hydroxyl groups excluding tert-OH is 1. The summed E-state index contributed by atoms with van der Waals surface area (Å²) >= 11 is 1.84. The van der Waals surface area contributed by atoms with E-state index >= 15 is 0 Å². The molecule has 2 nitrogen and oxygen atoms in total. The fourth-order valence-electron chi connectivity index (χ4n) is 2.96. The molecule has 3 aromatic rings. The van der Waals surface area contributed by atoms with Gasteiger partial charge in [-0.3, -0.25) is 0 Å². The Hall–Kier alpha value is -2.23. The van der Waals surface area contributed by atoms with Gasteiger partial charge < -0.3 is 10.4 Å². The van der Waals surface area contributed by atoms with Crippen LogP contribution in [0.1, 0.15) is 18.1 Å². The number of hydrogen-bond donors (Lipinski definition) is 2. The number of rotatable bonds is 9. The lowest BCUT2D eigenvalue weighted by atomic mass is 9.96. The molecule has 0 radical (unpaired) electrons. The van der Waals surface area contributed by atoms with Crippen molar-refractivity contribution in [2.24, 2.45) is 5.92 Å². The van der Waals surface area contributed by atoms with Crippen molar-refractivity contribution >= 4 is 17.4 Å². The molecule has 3 heteroatoms. The number of anilines is 1. The highest BCUT2D eigenvalue weighted by Crippen LogP contribution is 2.24. The lowest BCUT2D eigenvalue weighted by Crippen LogP contribution is -2.28. The van der Waals surface area contributed by atoms with E-state index in [1.165, 1.54) is 16.0 Å². The van der Waals surface area contributed by atoms with Gasteiger partial charge in [0.15, 0.2) is 0 Å². The van der Waals surface area contributed by atoms with Crippen LogP contribution in [0.2, 0.25) is 0 Å². The smallest absolute Gasteiger partial charge is 0.0741 e. The first-order valence-electron chi connectivity index (χ1n) is 9.43. The predicted octanol–water partition coefficient (Wildman–Crippen LogP) is 5.63. The van der Waals surface area contributed by atoms with Gasteiger partial charge in [0.2, 0.25) is 0 Å². The minimum atomic E-state index is -0.377. The summed E-state index contributed by atoms with van der Waals surface area (Å²) < 4.78 is 0. The van der Waals surface area contributed by atoms with Gasteiger partial charge in [0.25, 0.3) is 0 Å². The van der Waals surface area contributed by atoms with Gasteiger partial charge in [0, 0.05) is 22.9 Å². The Labute approximate surface area is 166 Å². The molecule has 0 spiro atoms. The van der Waals surface area contributed by atoms with Crippen LogP contribution in [-0.2, 0) is 12.2 Å². The molecule has 3 rings (SSSR count). The van der Waals surface area contributed by atoms with Gasteiger partial charge in [-0.15, -0.1) is 11.8 Å². The maximum Gasteiger partial charge on any atom is 0.0741 e. The van der Waals surface area contributed by atoms with E-state index in [9.17, 15) is 5.11 Å². The van der Waals surface area contributed by atoms with Crippen LogP contribution in [-0.4, -0.2) is 17.8 Å². The predicted molar refractivity (Wildman–Crippen MR) is 116 cm³/mol.